The molecule has 0 amide bonds. The van der Waals surface area contributed by atoms with E-state index in [-0.39, 0.29) is 12.4 Å². The minimum Gasteiger partial charge on any atom is -0.489 e. The maximum Gasteiger partial charge on any atom is 0.191 e. The van der Waals surface area contributed by atoms with E-state index in [1.807, 2.05) is 13.8 Å². The van der Waals surface area contributed by atoms with Gasteiger partial charge in [0.1, 0.15) is 12.4 Å². The second kappa shape index (κ2) is 9.12. The van der Waals surface area contributed by atoms with Crippen LogP contribution in [0.4, 0.5) is 8.78 Å². The largest absolute Gasteiger partial charge is 0.489 e. The van der Waals surface area contributed by atoms with Gasteiger partial charge in [-0.05, 0) is 25.5 Å². The lowest BCUT2D eigenvalue weighted by atomic mass is 10.3. The summed E-state index contributed by atoms with van der Waals surface area (Å²) in [6.45, 7) is 6.28. The normalized spacial score (nSPS) is 11.3. The summed E-state index contributed by atoms with van der Waals surface area (Å²) in [7, 11) is 0. The van der Waals surface area contributed by atoms with Gasteiger partial charge in [0.25, 0.3) is 0 Å². The molecule has 0 radical (unpaired) electrons. The van der Waals surface area contributed by atoms with E-state index in [1.54, 1.807) is 0 Å². The predicted octanol–water partition coefficient (Wildman–Crippen LogP) is 2.31. The highest BCUT2D eigenvalue weighted by Gasteiger charge is 2.04. The van der Waals surface area contributed by atoms with Crippen molar-refractivity contribution in [3.05, 3.63) is 29.8 Å². The number of hydrogen-bond acceptors (Lipinski definition) is 2. The van der Waals surface area contributed by atoms with Gasteiger partial charge in [0.05, 0.1) is 6.54 Å². The fourth-order valence-corrected chi connectivity index (χ4v) is 1.49. The Bertz CT molecular complexity index is 438. The molecule has 1 rings (SSSR count). The zero-order valence-electron chi connectivity index (χ0n) is 11.9. The first-order valence-corrected chi connectivity index (χ1v) is 6.77. The fourth-order valence-electron chi connectivity index (χ4n) is 1.49. The molecule has 4 nitrogen and oxygen atoms in total. The van der Waals surface area contributed by atoms with Crippen LogP contribution in [0, 0.1) is 11.6 Å². The third kappa shape index (κ3) is 5.86. The Balaban J connectivity index is 2.36. The van der Waals surface area contributed by atoms with E-state index >= 15 is 0 Å². The molecule has 0 aliphatic carbocycles. The lowest BCUT2D eigenvalue weighted by molar-refractivity contribution is 0.304. The van der Waals surface area contributed by atoms with Gasteiger partial charge in [-0.25, -0.2) is 8.78 Å². The van der Waals surface area contributed by atoms with E-state index < -0.39 is 11.6 Å². The molecule has 0 aromatic heterocycles. The molecule has 0 fully saturated rings. The van der Waals surface area contributed by atoms with Crippen LogP contribution < -0.4 is 15.4 Å². The smallest absolute Gasteiger partial charge is 0.191 e. The monoisotopic (exact) mass is 285 g/mol. The summed E-state index contributed by atoms with van der Waals surface area (Å²) in [5.74, 6) is -0.563. The number of nitrogens with one attached hydrogen (secondary N) is 2. The van der Waals surface area contributed by atoms with Crippen LogP contribution in [0.5, 0.6) is 5.75 Å². The summed E-state index contributed by atoms with van der Waals surface area (Å²) in [5, 5.41) is 6.17. The Kier molecular flexibility index (Phi) is 7.39. The first-order valence-electron chi connectivity index (χ1n) is 6.77. The Morgan fingerprint density at radius 3 is 2.70 bits per heavy atom. The Hall–Kier alpha value is -1.85. The summed E-state index contributed by atoms with van der Waals surface area (Å²) in [6, 6.07) is 3.25. The van der Waals surface area contributed by atoms with Crippen LogP contribution in [0.1, 0.15) is 20.3 Å². The van der Waals surface area contributed by atoms with Crippen LogP contribution in [0.15, 0.2) is 23.2 Å². The Morgan fingerprint density at radius 1 is 1.25 bits per heavy atom. The SMILES string of the molecule is CCCN=C(NCC)NCCOc1ccc(F)cc1F. The van der Waals surface area contributed by atoms with Crippen molar-refractivity contribution < 1.29 is 13.5 Å². The molecular formula is C14H21F2N3O. The van der Waals surface area contributed by atoms with Gasteiger partial charge in [0.2, 0.25) is 0 Å². The lowest BCUT2D eigenvalue weighted by Crippen LogP contribution is -2.39. The highest BCUT2D eigenvalue weighted by Crippen LogP contribution is 2.17. The number of halogens is 2. The molecule has 0 heterocycles. The molecule has 0 aliphatic heterocycles. The summed E-state index contributed by atoms with van der Waals surface area (Å²) in [4.78, 5) is 4.32. The molecule has 20 heavy (non-hydrogen) atoms. The number of ether oxygens (including phenoxy) is 1. The van der Waals surface area contributed by atoms with E-state index in [0.717, 1.165) is 25.6 Å². The fraction of sp³-hybridized carbons (Fsp3) is 0.500. The van der Waals surface area contributed by atoms with Crippen molar-refractivity contribution in [2.24, 2.45) is 4.99 Å². The average molecular weight is 285 g/mol. The van der Waals surface area contributed by atoms with Gasteiger partial charge in [-0.15, -0.1) is 0 Å². The van der Waals surface area contributed by atoms with Gasteiger partial charge in [-0.3, -0.25) is 4.99 Å². The Morgan fingerprint density at radius 2 is 2.05 bits per heavy atom. The zero-order valence-corrected chi connectivity index (χ0v) is 11.9. The lowest BCUT2D eigenvalue weighted by Gasteiger charge is -2.12. The number of aliphatic imine (C=N–C) groups is 1. The molecule has 0 spiro atoms. The van der Waals surface area contributed by atoms with Crippen LogP contribution in [0.3, 0.4) is 0 Å². The maximum absolute atomic E-state index is 13.3. The van der Waals surface area contributed by atoms with Gasteiger partial charge in [0.15, 0.2) is 17.5 Å². The van der Waals surface area contributed by atoms with Gasteiger partial charge in [-0.1, -0.05) is 6.92 Å². The molecule has 0 saturated carbocycles. The molecule has 0 unspecified atom stereocenters. The van der Waals surface area contributed by atoms with Crippen molar-refractivity contribution >= 4 is 5.96 Å². The molecule has 0 atom stereocenters. The van der Waals surface area contributed by atoms with E-state index in [1.165, 1.54) is 12.1 Å². The number of hydrogen-bond donors (Lipinski definition) is 2. The van der Waals surface area contributed by atoms with E-state index in [9.17, 15) is 8.78 Å². The first kappa shape index (κ1) is 16.2. The van der Waals surface area contributed by atoms with E-state index in [0.29, 0.717) is 12.5 Å². The molecule has 0 bridgehead atoms. The quantitative estimate of drug-likeness (QED) is 0.459. The van der Waals surface area contributed by atoms with Crippen molar-refractivity contribution in [3.63, 3.8) is 0 Å². The summed E-state index contributed by atoms with van der Waals surface area (Å²) in [6.07, 6.45) is 0.966. The number of guanidine groups is 1. The van der Waals surface area contributed by atoms with Crippen molar-refractivity contribution in [3.8, 4) is 5.75 Å². The summed E-state index contributed by atoms with van der Waals surface area (Å²) >= 11 is 0. The van der Waals surface area contributed by atoms with Gasteiger partial charge in [0, 0.05) is 19.2 Å². The first-order chi connectivity index (χ1) is 9.67. The van der Waals surface area contributed by atoms with Crippen LogP contribution >= 0.6 is 0 Å². The maximum atomic E-state index is 13.3. The zero-order chi connectivity index (χ0) is 14.8. The molecule has 1 aromatic carbocycles. The number of nitrogens with zero attached hydrogens (tertiary/aromatic N) is 1. The van der Waals surface area contributed by atoms with E-state index in [4.69, 9.17) is 4.74 Å². The summed E-state index contributed by atoms with van der Waals surface area (Å²) in [5.41, 5.74) is 0. The second-order valence-corrected chi connectivity index (χ2v) is 4.11. The Labute approximate surface area is 118 Å². The van der Waals surface area contributed by atoms with Gasteiger partial charge in [-0.2, -0.15) is 0 Å². The minimum atomic E-state index is -0.698. The highest BCUT2D eigenvalue weighted by molar-refractivity contribution is 5.79. The van der Waals surface area contributed by atoms with Gasteiger partial charge < -0.3 is 15.4 Å². The molecule has 112 valence electrons. The van der Waals surface area contributed by atoms with Crippen molar-refractivity contribution in [2.45, 2.75) is 20.3 Å². The predicted molar refractivity (Wildman–Crippen MR) is 76.1 cm³/mol. The number of benzene rings is 1. The third-order valence-electron chi connectivity index (χ3n) is 2.38. The van der Waals surface area contributed by atoms with Crippen molar-refractivity contribution in [1.29, 1.82) is 0 Å². The van der Waals surface area contributed by atoms with Crippen LogP contribution in [0.2, 0.25) is 0 Å². The topological polar surface area (TPSA) is 45.7 Å². The number of rotatable bonds is 7. The molecule has 0 aliphatic rings. The molecule has 0 saturated heterocycles. The van der Waals surface area contributed by atoms with Crippen molar-refractivity contribution in [1.82, 2.24) is 10.6 Å². The third-order valence-corrected chi connectivity index (χ3v) is 2.38. The van der Waals surface area contributed by atoms with Crippen LogP contribution in [0.25, 0.3) is 0 Å². The molecular weight excluding hydrogens is 264 g/mol. The second-order valence-electron chi connectivity index (χ2n) is 4.11. The van der Waals surface area contributed by atoms with Gasteiger partial charge >= 0.3 is 0 Å². The van der Waals surface area contributed by atoms with Crippen LogP contribution in [-0.2, 0) is 0 Å². The van der Waals surface area contributed by atoms with Crippen molar-refractivity contribution in [2.75, 3.05) is 26.2 Å². The molecule has 2 N–H and O–H groups in total. The molecule has 6 heteroatoms. The highest BCUT2D eigenvalue weighted by atomic mass is 19.1. The average Bonchev–Trinajstić information content (AvgIpc) is 2.42. The minimum absolute atomic E-state index is 0.0451. The summed E-state index contributed by atoms with van der Waals surface area (Å²) < 4.78 is 31.3. The standard InChI is InChI=1S/C14H21F2N3O/c1-3-7-18-14(17-4-2)19-8-9-20-13-6-5-11(15)10-12(13)16/h5-6,10H,3-4,7-9H2,1-2H3,(H2,17,18,19). The van der Waals surface area contributed by atoms with E-state index in [2.05, 4.69) is 15.6 Å². The molecule has 1 aromatic rings. The van der Waals surface area contributed by atoms with Crippen LogP contribution in [-0.4, -0.2) is 32.2 Å².